The number of nitrogens with zero attached hydrogens (tertiary/aromatic N) is 2. The summed E-state index contributed by atoms with van der Waals surface area (Å²) >= 11 is 0. The summed E-state index contributed by atoms with van der Waals surface area (Å²) in [6.07, 6.45) is 4.38. The smallest absolute Gasteiger partial charge is 0.167 e. The molecular weight excluding hydrogens is 510 g/mol. The van der Waals surface area contributed by atoms with Crippen molar-refractivity contribution in [3.63, 3.8) is 0 Å². The maximum atomic E-state index is 13.6. The van der Waals surface area contributed by atoms with Crippen LogP contribution in [0.15, 0.2) is 77.5 Å². The van der Waals surface area contributed by atoms with Crippen LogP contribution in [0.2, 0.25) is 0 Å². The normalized spacial score (nSPS) is 13.9. The quantitative estimate of drug-likeness (QED) is 0.188. The van der Waals surface area contributed by atoms with Gasteiger partial charge in [0, 0.05) is 34.8 Å². The lowest BCUT2D eigenvalue weighted by Gasteiger charge is -2.14. The van der Waals surface area contributed by atoms with Crippen molar-refractivity contribution in [1.29, 1.82) is 0 Å². The number of furan rings is 1. The van der Waals surface area contributed by atoms with Gasteiger partial charge in [0.15, 0.2) is 17.4 Å². The highest BCUT2D eigenvalue weighted by Crippen LogP contribution is 2.50. The van der Waals surface area contributed by atoms with Crippen molar-refractivity contribution in [2.24, 2.45) is 0 Å². The van der Waals surface area contributed by atoms with E-state index in [1.807, 2.05) is 43.3 Å². The number of aromatic nitrogens is 2. The van der Waals surface area contributed by atoms with Crippen LogP contribution in [0, 0.1) is 18.6 Å². The molecule has 0 aliphatic heterocycles. The molecule has 0 unspecified atom stereocenters. The first kappa shape index (κ1) is 25.7. The van der Waals surface area contributed by atoms with E-state index < -0.39 is 11.2 Å². The van der Waals surface area contributed by atoms with Gasteiger partial charge in [-0.2, -0.15) is 0 Å². The van der Waals surface area contributed by atoms with E-state index in [9.17, 15) is 18.4 Å². The van der Waals surface area contributed by atoms with Gasteiger partial charge in [0.1, 0.15) is 23.0 Å². The summed E-state index contributed by atoms with van der Waals surface area (Å²) < 4.78 is 33.0. The van der Waals surface area contributed by atoms with Crippen LogP contribution >= 0.6 is 0 Å². The minimum absolute atomic E-state index is 0.0310. The third-order valence-corrected chi connectivity index (χ3v) is 7.71. The molecular formula is C33H26F2N2O3. The molecule has 1 saturated carbocycles. The average Bonchev–Trinajstić information content (AvgIpc) is 3.64. The molecule has 0 saturated heterocycles. The Morgan fingerprint density at radius 3 is 2.25 bits per heavy atom. The zero-order chi connectivity index (χ0) is 28.0. The van der Waals surface area contributed by atoms with E-state index in [0.717, 1.165) is 41.9 Å². The molecule has 0 N–H and O–H groups in total. The Kier molecular flexibility index (Phi) is 6.37. The second-order valence-corrected chi connectivity index (χ2v) is 10.4. The first-order valence-electron chi connectivity index (χ1n) is 13.3. The zero-order valence-corrected chi connectivity index (χ0v) is 22.1. The van der Waals surface area contributed by atoms with Crippen LogP contribution < -0.4 is 0 Å². The average molecular weight is 537 g/mol. The van der Waals surface area contributed by atoms with Crippen LogP contribution in [0.25, 0.3) is 33.4 Å². The fourth-order valence-electron chi connectivity index (χ4n) is 5.26. The van der Waals surface area contributed by atoms with Crippen molar-refractivity contribution >= 4 is 22.5 Å². The minimum atomic E-state index is -0.503. The summed E-state index contributed by atoms with van der Waals surface area (Å²) in [5.74, 6) is -0.0574. The fourth-order valence-corrected chi connectivity index (χ4v) is 5.26. The van der Waals surface area contributed by atoms with Gasteiger partial charge in [-0.25, -0.2) is 18.7 Å². The summed E-state index contributed by atoms with van der Waals surface area (Å²) in [6, 6.07) is 17.1. The predicted octanol–water partition coefficient (Wildman–Crippen LogP) is 8.04. The monoisotopic (exact) mass is 536 g/mol. The van der Waals surface area contributed by atoms with Crippen LogP contribution in [-0.4, -0.2) is 21.5 Å². The number of benzene rings is 3. The molecule has 0 radical (unpaired) electrons. The van der Waals surface area contributed by atoms with Gasteiger partial charge in [0.05, 0.1) is 18.0 Å². The van der Waals surface area contributed by atoms with E-state index in [2.05, 4.69) is 9.97 Å². The number of ketones is 2. The van der Waals surface area contributed by atoms with E-state index in [0.29, 0.717) is 39.2 Å². The Hall–Kier alpha value is -4.52. The molecule has 2 heterocycles. The molecule has 200 valence electrons. The molecule has 0 amide bonds. The third kappa shape index (κ3) is 4.62. The van der Waals surface area contributed by atoms with Gasteiger partial charge in [0.25, 0.3) is 0 Å². The number of rotatable bonds is 8. The van der Waals surface area contributed by atoms with Crippen molar-refractivity contribution in [3.05, 3.63) is 107 Å². The molecule has 40 heavy (non-hydrogen) atoms. The van der Waals surface area contributed by atoms with Gasteiger partial charge in [-0.1, -0.05) is 25.1 Å². The molecule has 1 aliphatic rings. The number of fused-ring (bicyclic) bond motifs is 1. The molecule has 1 fully saturated rings. The van der Waals surface area contributed by atoms with Crippen molar-refractivity contribution < 1.29 is 22.8 Å². The summed E-state index contributed by atoms with van der Waals surface area (Å²) in [6.45, 7) is 3.77. The predicted molar refractivity (Wildman–Crippen MR) is 148 cm³/mol. The minimum Gasteiger partial charge on any atom is -0.455 e. The Morgan fingerprint density at radius 1 is 0.875 bits per heavy atom. The molecule has 0 bridgehead atoms. The Balaban J connectivity index is 1.37. The van der Waals surface area contributed by atoms with E-state index in [1.54, 1.807) is 19.1 Å². The highest BCUT2D eigenvalue weighted by Gasteiger charge is 2.48. The molecule has 2 aromatic heterocycles. The highest BCUT2D eigenvalue weighted by atomic mass is 19.1. The highest BCUT2D eigenvalue weighted by molar-refractivity contribution is 6.12. The topological polar surface area (TPSA) is 73.1 Å². The van der Waals surface area contributed by atoms with Crippen LogP contribution in [0.4, 0.5) is 8.78 Å². The Bertz CT molecular complexity index is 1770. The number of aryl methyl sites for hydroxylation is 1. The lowest BCUT2D eigenvalue weighted by atomic mass is 9.91. The van der Waals surface area contributed by atoms with Gasteiger partial charge in [-0.15, -0.1) is 0 Å². The van der Waals surface area contributed by atoms with Crippen LogP contribution in [0.3, 0.4) is 0 Å². The van der Waals surface area contributed by atoms with Gasteiger partial charge >= 0.3 is 0 Å². The number of hydrogen-bond acceptors (Lipinski definition) is 5. The van der Waals surface area contributed by atoms with E-state index >= 15 is 0 Å². The van der Waals surface area contributed by atoms with Crippen LogP contribution in [0.5, 0.6) is 0 Å². The molecule has 5 aromatic rings. The molecule has 3 aromatic carbocycles. The van der Waals surface area contributed by atoms with Crippen molar-refractivity contribution in [3.8, 4) is 22.5 Å². The SMILES string of the molecule is CCC(=O)c1c(-c2ccc(F)cc2)oc2ccc(-c3cc(C(=O)CC4(c5ncc(F)cn5)CC4)ccc3C)cc12. The lowest BCUT2D eigenvalue weighted by molar-refractivity contribution is 0.0965. The zero-order valence-electron chi connectivity index (χ0n) is 22.1. The fraction of sp³-hybridized carbons (Fsp3) is 0.212. The van der Waals surface area contributed by atoms with Crippen LogP contribution in [-0.2, 0) is 5.41 Å². The van der Waals surface area contributed by atoms with Gasteiger partial charge in [-0.05, 0) is 78.9 Å². The van der Waals surface area contributed by atoms with Crippen LogP contribution in [0.1, 0.15) is 64.7 Å². The summed E-state index contributed by atoms with van der Waals surface area (Å²) in [5.41, 5.74) is 4.46. The number of halogens is 2. The standard InChI is InChI=1S/C33H26F2N2O3/c1-3-27(38)30-26-14-21(8-11-29(26)40-31(30)20-6-9-23(34)10-7-20)25-15-22(5-4-19(25)2)28(39)16-33(12-13-33)32-36-17-24(35)18-37-32/h4-11,14-15,17-18H,3,12-13,16H2,1-2H3. The Labute approximate surface area is 229 Å². The number of carbonyl (C=O) groups excluding carboxylic acids is 2. The van der Waals surface area contributed by atoms with Gasteiger partial charge in [-0.3, -0.25) is 9.59 Å². The van der Waals surface area contributed by atoms with E-state index in [4.69, 9.17) is 4.42 Å². The Morgan fingerprint density at radius 2 is 1.57 bits per heavy atom. The van der Waals surface area contributed by atoms with Crippen molar-refractivity contribution in [1.82, 2.24) is 9.97 Å². The summed E-state index contributed by atoms with van der Waals surface area (Å²) in [5, 5.41) is 0.671. The maximum absolute atomic E-state index is 13.6. The first-order valence-corrected chi connectivity index (χ1v) is 13.3. The van der Waals surface area contributed by atoms with Gasteiger partial charge < -0.3 is 4.42 Å². The second kappa shape index (κ2) is 9.90. The maximum Gasteiger partial charge on any atom is 0.167 e. The second-order valence-electron chi connectivity index (χ2n) is 10.4. The van der Waals surface area contributed by atoms with Gasteiger partial charge in [0.2, 0.25) is 0 Å². The summed E-state index contributed by atoms with van der Waals surface area (Å²) in [7, 11) is 0. The molecule has 6 rings (SSSR count). The molecule has 0 atom stereocenters. The number of carbonyl (C=O) groups is 2. The molecule has 0 spiro atoms. The van der Waals surface area contributed by atoms with Crippen molar-refractivity contribution in [2.75, 3.05) is 0 Å². The molecule has 1 aliphatic carbocycles. The molecule has 5 nitrogen and oxygen atoms in total. The van der Waals surface area contributed by atoms with E-state index in [-0.39, 0.29) is 30.2 Å². The van der Waals surface area contributed by atoms with E-state index in [1.165, 1.54) is 12.1 Å². The number of Topliss-reactive ketones (excluding diaryl/α,β-unsaturated/α-hetero) is 2. The van der Waals surface area contributed by atoms with Crippen molar-refractivity contribution in [2.45, 2.75) is 44.9 Å². The first-order chi connectivity index (χ1) is 19.3. The summed E-state index contributed by atoms with van der Waals surface area (Å²) in [4.78, 5) is 34.7. The largest absolute Gasteiger partial charge is 0.455 e. The third-order valence-electron chi connectivity index (χ3n) is 7.71. The number of hydrogen-bond donors (Lipinski definition) is 0. The molecule has 7 heteroatoms. The lowest BCUT2D eigenvalue weighted by Crippen LogP contribution is -2.17.